The van der Waals surface area contributed by atoms with E-state index in [1.54, 1.807) is 0 Å². The van der Waals surface area contributed by atoms with Gasteiger partial charge in [0.2, 0.25) is 0 Å². The van der Waals surface area contributed by atoms with E-state index in [1.807, 2.05) is 0 Å². The standard InChI is InChI=1S/C18H20N2/c1-4-14-12(3)20-18-15-9-7-6-8-13(15)10-11-16(18)17(14)19-5-2/h6-11H,4-5H2,1-3H3,(H,19,20). The van der Waals surface area contributed by atoms with Crippen molar-refractivity contribution in [1.82, 2.24) is 4.98 Å². The Labute approximate surface area is 119 Å². The summed E-state index contributed by atoms with van der Waals surface area (Å²) < 4.78 is 0. The Morgan fingerprint density at radius 2 is 1.80 bits per heavy atom. The summed E-state index contributed by atoms with van der Waals surface area (Å²) >= 11 is 0. The van der Waals surface area contributed by atoms with Crippen LogP contribution in [0.15, 0.2) is 36.4 Å². The van der Waals surface area contributed by atoms with E-state index in [1.165, 1.54) is 27.4 Å². The number of aromatic nitrogens is 1. The smallest absolute Gasteiger partial charge is 0.0804 e. The van der Waals surface area contributed by atoms with Gasteiger partial charge in [-0.3, -0.25) is 4.98 Å². The SMILES string of the molecule is CCNc1c(CC)c(C)nc2c1ccc1ccccc12. The second-order valence-electron chi connectivity index (χ2n) is 5.12. The minimum absolute atomic E-state index is 0.929. The molecular formula is C18H20N2. The van der Waals surface area contributed by atoms with Crippen LogP contribution in [0.4, 0.5) is 5.69 Å². The Morgan fingerprint density at radius 3 is 2.55 bits per heavy atom. The van der Waals surface area contributed by atoms with Crippen LogP contribution in [0.3, 0.4) is 0 Å². The second-order valence-corrected chi connectivity index (χ2v) is 5.12. The van der Waals surface area contributed by atoms with Gasteiger partial charge in [0.1, 0.15) is 0 Å². The molecule has 0 bridgehead atoms. The molecule has 2 heteroatoms. The van der Waals surface area contributed by atoms with Crippen molar-refractivity contribution in [1.29, 1.82) is 0 Å². The van der Waals surface area contributed by atoms with Crippen LogP contribution in [-0.2, 0) is 6.42 Å². The van der Waals surface area contributed by atoms with E-state index >= 15 is 0 Å². The van der Waals surface area contributed by atoms with E-state index < -0.39 is 0 Å². The highest BCUT2D eigenvalue weighted by Crippen LogP contribution is 2.33. The molecule has 0 amide bonds. The van der Waals surface area contributed by atoms with Crippen LogP contribution in [0, 0.1) is 6.92 Å². The molecule has 0 radical (unpaired) electrons. The van der Waals surface area contributed by atoms with Crippen LogP contribution < -0.4 is 5.32 Å². The topological polar surface area (TPSA) is 24.9 Å². The number of fused-ring (bicyclic) bond motifs is 3. The lowest BCUT2D eigenvalue weighted by Gasteiger charge is -2.16. The van der Waals surface area contributed by atoms with Crippen LogP contribution in [0.25, 0.3) is 21.7 Å². The zero-order valence-electron chi connectivity index (χ0n) is 12.3. The molecule has 2 nitrogen and oxygen atoms in total. The maximum atomic E-state index is 4.88. The predicted octanol–water partition coefficient (Wildman–Crippen LogP) is 4.69. The quantitative estimate of drug-likeness (QED) is 0.694. The molecule has 3 aromatic rings. The molecule has 102 valence electrons. The molecule has 0 saturated carbocycles. The van der Waals surface area contributed by atoms with Crippen molar-refractivity contribution >= 4 is 27.4 Å². The number of aryl methyl sites for hydroxylation is 1. The number of nitrogens with zero attached hydrogens (tertiary/aromatic N) is 1. The third-order valence-electron chi connectivity index (χ3n) is 3.90. The zero-order valence-corrected chi connectivity index (χ0v) is 12.3. The number of hydrogen-bond donors (Lipinski definition) is 1. The van der Waals surface area contributed by atoms with E-state index in [2.05, 4.69) is 62.5 Å². The first-order valence-electron chi connectivity index (χ1n) is 7.31. The van der Waals surface area contributed by atoms with Crippen molar-refractivity contribution in [2.75, 3.05) is 11.9 Å². The molecule has 0 aliphatic heterocycles. The molecular weight excluding hydrogens is 244 g/mol. The maximum Gasteiger partial charge on any atom is 0.0804 e. The first kappa shape index (κ1) is 12.9. The highest BCUT2D eigenvalue weighted by atomic mass is 14.9. The van der Waals surface area contributed by atoms with E-state index in [-0.39, 0.29) is 0 Å². The van der Waals surface area contributed by atoms with Gasteiger partial charge in [-0.05, 0) is 31.2 Å². The van der Waals surface area contributed by atoms with Crippen LogP contribution in [0.5, 0.6) is 0 Å². The van der Waals surface area contributed by atoms with Crippen molar-refractivity contribution < 1.29 is 0 Å². The zero-order chi connectivity index (χ0) is 14.1. The summed E-state index contributed by atoms with van der Waals surface area (Å²) in [6.45, 7) is 7.37. The third-order valence-corrected chi connectivity index (χ3v) is 3.90. The van der Waals surface area contributed by atoms with Crippen LogP contribution in [-0.4, -0.2) is 11.5 Å². The van der Waals surface area contributed by atoms with Crippen LogP contribution >= 0.6 is 0 Å². The van der Waals surface area contributed by atoms with Gasteiger partial charge >= 0.3 is 0 Å². The fourth-order valence-corrected chi connectivity index (χ4v) is 2.97. The molecule has 0 fully saturated rings. The molecule has 0 atom stereocenters. The lowest BCUT2D eigenvalue weighted by molar-refractivity contribution is 1.06. The summed E-state index contributed by atoms with van der Waals surface area (Å²) in [4.78, 5) is 4.88. The maximum absolute atomic E-state index is 4.88. The molecule has 3 rings (SSSR count). The normalized spacial score (nSPS) is 11.2. The average Bonchev–Trinajstić information content (AvgIpc) is 2.47. The van der Waals surface area contributed by atoms with Gasteiger partial charge in [-0.2, -0.15) is 0 Å². The molecule has 0 unspecified atom stereocenters. The number of nitrogens with one attached hydrogen (secondary N) is 1. The Kier molecular flexibility index (Phi) is 3.31. The Bertz CT molecular complexity index is 775. The second kappa shape index (κ2) is 5.12. The van der Waals surface area contributed by atoms with Crippen molar-refractivity contribution in [2.24, 2.45) is 0 Å². The van der Waals surface area contributed by atoms with Gasteiger partial charge in [0.15, 0.2) is 0 Å². The number of pyridine rings is 1. The molecule has 0 saturated heterocycles. The summed E-state index contributed by atoms with van der Waals surface area (Å²) in [6, 6.07) is 12.8. The Hall–Kier alpha value is -2.09. The van der Waals surface area contributed by atoms with E-state index in [0.29, 0.717) is 0 Å². The van der Waals surface area contributed by atoms with Gasteiger partial charge in [0, 0.05) is 28.7 Å². The summed E-state index contributed by atoms with van der Waals surface area (Å²) in [6.07, 6.45) is 1.00. The highest BCUT2D eigenvalue weighted by molar-refractivity contribution is 6.09. The van der Waals surface area contributed by atoms with Gasteiger partial charge in [-0.1, -0.05) is 43.3 Å². The monoisotopic (exact) mass is 264 g/mol. The van der Waals surface area contributed by atoms with Gasteiger partial charge in [0.05, 0.1) is 5.52 Å². The fourth-order valence-electron chi connectivity index (χ4n) is 2.97. The molecule has 0 spiro atoms. The van der Waals surface area contributed by atoms with Crippen molar-refractivity contribution in [3.63, 3.8) is 0 Å². The first-order chi connectivity index (χ1) is 9.76. The fraction of sp³-hybridized carbons (Fsp3) is 0.278. The Balaban J connectivity index is 2.46. The number of hydrogen-bond acceptors (Lipinski definition) is 2. The number of anilines is 1. The van der Waals surface area contributed by atoms with E-state index in [4.69, 9.17) is 4.98 Å². The van der Waals surface area contributed by atoms with Crippen LogP contribution in [0.2, 0.25) is 0 Å². The minimum Gasteiger partial charge on any atom is -0.384 e. The minimum atomic E-state index is 0.929. The van der Waals surface area contributed by atoms with Gasteiger partial charge in [-0.15, -0.1) is 0 Å². The van der Waals surface area contributed by atoms with Crippen molar-refractivity contribution in [3.8, 4) is 0 Å². The highest BCUT2D eigenvalue weighted by Gasteiger charge is 2.12. The molecule has 20 heavy (non-hydrogen) atoms. The van der Waals surface area contributed by atoms with Gasteiger partial charge in [0.25, 0.3) is 0 Å². The van der Waals surface area contributed by atoms with E-state index in [0.717, 1.165) is 24.2 Å². The largest absolute Gasteiger partial charge is 0.384 e. The van der Waals surface area contributed by atoms with Crippen molar-refractivity contribution in [2.45, 2.75) is 27.2 Å². The number of rotatable bonds is 3. The molecule has 2 aromatic carbocycles. The molecule has 0 aliphatic rings. The van der Waals surface area contributed by atoms with Gasteiger partial charge < -0.3 is 5.32 Å². The molecule has 1 heterocycles. The first-order valence-corrected chi connectivity index (χ1v) is 7.31. The lowest BCUT2D eigenvalue weighted by Crippen LogP contribution is -2.05. The summed E-state index contributed by atoms with van der Waals surface area (Å²) in [5.41, 5.74) is 4.82. The number of benzene rings is 2. The predicted molar refractivity (Wildman–Crippen MR) is 87.5 cm³/mol. The summed E-state index contributed by atoms with van der Waals surface area (Å²) in [5.74, 6) is 0. The molecule has 1 N–H and O–H groups in total. The van der Waals surface area contributed by atoms with Gasteiger partial charge in [-0.25, -0.2) is 0 Å². The summed E-state index contributed by atoms with van der Waals surface area (Å²) in [5, 5.41) is 7.25. The Morgan fingerprint density at radius 1 is 1.00 bits per heavy atom. The molecule has 0 aliphatic carbocycles. The lowest BCUT2D eigenvalue weighted by atomic mass is 10.00. The van der Waals surface area contributed by atoms with Crippen LogP contribution in [0.1, 0.15) is 25.1 Å². The van der Waals surface area contributed by atoms with Crippen molar-refractivity contribution in [3.05, 3.63) is 47.7 Å². The van der Waals surface area contributed by atoms with E-state index in [9.17, 15) is 0 Å². The third kappa shape index (κ3) is 1.92. The molecule has 1 aromatic heterocycles. The summed E-state index contributed by atoms with van der Waals surface area (Å²) in [7, 11) is 0. The average molecular weight is 264 g/mol.